The van der Waals surface area contributed by atoms with Gasteiger partial charge in [0.05, 0.1) is 0 Å². The van der Waals surface area contributed by atoms with Crippen LogP contribution < -0.4 is 10.2 Å². The van der Waals surface area contributed by atoms with Gasteiger partial charge in [0.15, 0.2) is 5.13 Å². The summed E-state index contributed by atoms with van der Waals surface area (Å²) in [6, 6.07) is 0.537. The van der Waals surface area contributed by atoms with Gasteiger partial charge >= 0.3 is 0 Å². The van der Waals surface area contributed by atoms with Gasteiger partial charge in [0.2, 0.25) is 0 Å². The average Bonchev–Trinajstić information content (AvgIpc) is 2.86. The van der Waals surface area contributed by atoms with Crippen molar-refractivity contribution in [2.24, 2.45) is 5.92 Å². The lowest BCUT2D eigenvalue weighted by molar-refractivity contribution is 0.378. The van der Waals surface area contributed by atoms with Gasteiger partial charge in [-0.25, -0.2) is 4.98 Å². The molecule has 0 atom stereocenters. The van der Waals surface area contributed by atoms with Gasteiger partial charge in [0.1, 0.15) is 0 Å². The summed E-state index contributed by atoms with van der Waals surface area (Å²) in [7, 11) is 0. The van der Waals surface area contributed by atoms with Crippen LogP contribution in [0.4, 0.5) is 5.13 Å². The van der Waals surface area contributed by atoms with Gasteiger partial charge in [-0.2, -0.15) is 0 Å². The monoisotopic (exact) mass is 281 g/mol. The van der Waals surface area contributed by atoms with Crippen molar-refractivity contribution in [1.82, 2.24) is 10.3 Å². The number of thiazole rings is 1. The molecule has 1 N–H and O–H groups in total. The molecule has 1 saturated heterocycles. The van der Waals surface area contributed by atoms with Crippen LogP contribution in [0.2, 0.25) is 0 Å². The summed E-state index contributed by atoms with van der Waals surface area (Å²) in [5.74, 6) is 0.947. The molecule has 2 rings (SSSR count). The number of hydrogen-bond donors (Lipinski definition) is 1. The number of hydrogen-bond acceptors (Lipinski definition) is 4. The molecule has 19 heavy (non-hydrogen) atoms. The molecule has 0 unspecified atom stereocenters. The van der Waals surface area contributed by atoms with Crippen LogP contribution in [0, 0.1) is 5.92 Å². The fourth-order valence-electron chi connectivity index (χ4n) is 2.65. The minimum absolute atomic E-state index is 0.537. The first-order chi connectivity index (χ1) is 9.19. The van der Waals surface area contributed by atoms with Crippen LogP contribution in [-0.4, -0.2) is 24.1 Å². The smallest absolute Gasteiger partial charge is 0.185 e. The summed E-state index contributed by atoms with van der Waals surface area (Å²) in [6.07, 6.45) is 7.44. The molecular formula is C15H27N3S. The number of nitrogens with one attached hydrogen (secondary N) is 1. The molecule has 0 spiro atoms. The highest BCUT2D eigenvalue weighted by Gasteiger charge is 2.20. The van der Waals surface area contributed by atoms with Gasteiger partial charge in [-0.05, 0) is 18.8 Å². The molecule has 0 radical (unpaired) electrons. The first-order valence-corrected chi connectivity index (χ1v) is 8.43. The van der Waals surface area contributed by atoms with E-state index in [1.165, 1.54) is 48.8 Å². The molecule has 0 aromatic carbocycles. The highest BCUT2D eigenvalue weighted by atomic mass is 32.1. The fraction of sp³-hybridized carbons (Fsp3) is 0.800. The molecule has 2 heterocycles. The summed E-state index contributed by atoms with van der Waals surface area (Å²) in [4.78, 5) is 8.41. The number of piperidine rings is 1. The quantitative estimate of drug-likeness (QED) is 0.862. The van der Waals surface area contributed by atoms with Gasteiger partial charge in [-0.1, -0.05) is 33.6 Å². The molecule has 1 aliphatic heterocycles. The summed E-state index contributed by atoms with van der Waals surface area (Å²) < 4.78 is 0. The van der Waals surface area contributed by atoms with E-state index >= 15 is 0 Å². The van der Waals surface area contributed by atoms with E-state index < -0.39 is 0 Å². The zero-order valence-electron chi connectivity index (χ0n) is 12.5. The van der Waals surface area contributed by atoms with Crippen LogP contribution in [0.3, 0.4) is 0 Å². The Kier molecular flexibility index (Phi) is 5.64. The van der Waals surface area contributed by atoms with E-state index in [-0.39, 0.29) is 0 Å². The number of anilines is 1. The molecule has 3 nitrogen and oxygen atoms in total. The fourth-order valence-corrected chi connectivity index (χ4v) is 3.56. The molecule has 1 aromatic heterocycles. The predicted octanol–water partition coefficient (Wildman–Crippen LogP) is 3.66. The van der Waals surface area contributed by atoms with Crippen LogP contribution in [0.15, 0.2) is 6.20 Å². The third-order valence-electron chi connectivity index (χ3n) is 3.81. The maximum Gasteiger partial charge on any atom is 0.185 e. The minimum atomic E-state index is 0.537. The zero-order chi connectivity index (χ0) is 13.7. The van der Waals surface area contributed by atoms with Crippen molar-refractivity contribution in [3.05, 3.63) is 11.1 Å². The lowest BCUT2D eigenvalue weighted by Gasteiger charge is -2.31. The second-order valence-corrected chi connectivity index (χ2v) is 6.96. The summed E-state index contributed by atoms with van der Waals surface area (Å²) in [5, 5.41) is 4.67. The van der Waals surface area contributed by atoms with Crippen molar-refractivity contribution in [3.8, 4) is 0 Å². The van der Waals surface area contributed by atoms with E-state index in [0.29, 0.717) is 6.04 Å². The Morgan fingerprint density at radius 2 is 2.16 bits per heavy atom. The highest BCUT2D eigenvalue weighted by Crippen LogP contribution is 2.28. The summed E-state index contributed by atoms with van der Waals surface area (Å²) >= 11 is 1.85. The van der Waals surface area contributed by atoms with Crippen molar-refractivity contribution >= 4 is 16.5 Å². The van der Waals surface area contributed by atoms with Crippen LogP contribution in [0.25, 0.3) is 0 Å². The second kappa shape index (κ2) is 7.25. The van der Waals surface area contributed by atoms with Gasteiger partial charge in [-0.15, -0.1) is 11.3 Å². The predicted molar refractivity (Wildman–Crippen MR) is 83.9 cm³/mol. The second-order valence-electron chi connectivity index (χ2n) is 5.86. The van der Waals surface area contributed by atoms with E-state index in [0.717, 1.165) is 12.5 Å². The Balaban J connectivity index is 1.82. The van der Waals surface area contributed by atoms with Crippen LogP contribution in [-0.2, 0) is 6.54 Å². The average molecular weight is 281 g/mol. The topological polar surface area (TPSA) is 28.2 Å². The minimum Gasteiger partial charge on any atom is -0.348 e. The Morgan fingerprint density at radius 3 is 2.79 bits per heavy atom. The maximum absolute atomic E-state index is 4.59. The van der Waals surface area contributed by atoms with Gasteiger partial charge in [0, 0.05) is 36.8 Å². The van der Waals surface area contributed by atoms with E-state index in [1.54, 1.807) is 0 Å². The first-order valence-electron chi connectivity index (χ1n) is 7.62. The zero-order valence-corrected chi connectivity index (χ0v) is 13.3. The SMILES string of the molecule is CCCC1CCN(c2ncc(CNC(C)C)s2)CC1. The van der Waals surface area contributed by atoms with Gasteiger partial charge in [-0.3, -0.25) is 0 Å². The Morgan fingerprint density at radius 1 is 1.42 bits per heavy atom. The largest absolute Gasteiger partial charge is 0.348 e. The standard InChI is InChI=1S/C15H27N3S/c1-4-5-13-6-8-18(9-7-13)15-17-11-14(19-15)10-16-12(2)3/h11-13,16H,4-10H2,1-3H3. The number of rotatable bonds is 6. The molecule has 108 valence electrons. The van der Waals surface area contributed by atoms with Crippen LogP contribution >= 0.6 is 11.3 Å². The molecule has 0 saturated carbocycles. The van der Waals surface area contributed by atoms with Crippen LogP contribution in [0.1, 0.15) is 51.3 Å². The van der Waals surface area contributed by atoms with Crippen molar-refractivity contribution in [2.75, 3.05) is 18.0 Å². The first kappa shape index (κ1) is 14.8. The van der Waals surface area contributed by atoms with Crippen molar-refractivity contribution in [2.45, 2.75) is 59.0 Å². The molecule has 0 bridgehead atoms. The molecule has 4 heteroatoms. The van der Waals surface area contributed by atoms with E-state index in [4.69, 9.17) is 0 Å². The molecule has 0 aliphatic carbocycles. The van der Waals surface area contributed by atoms with Crippen molar-refractivity contribution in [1.29, 1.82) is 0 Å². The normalized spacial score (nSPS) is 17.4. The Hall–Kier alpha value is -0.610. The van der Waals surface area contributed by atoms with E-state index in [1.807, 2.05) is 17.5 Å². The van der Waals surface area contributed by atoms with Gasteiger partial charge in [0.25, 0.3) is 0 Å². The van der Waals surface area contributed by atoms with E-state index in [2.05, 4.69) is 36.0 Å². The molecule has 1 aliphatic rings. The highest BCUT2D eigenvalue weighted by molar-refractivity contribution is 7.15. The number of nitrogens with zero attached hydrogens (tertiary/aromatic N) is 2. The summed E-state index contributed by atoms with van der Waals surface area (Å²) in [6.45, 7) is 9.98. The lowest BCUT2D eigenvalue weighted by Crippen LogP contribution is -2.33. The molecule has 0 amide bonds. The van der Waals surface area contributed by atoms with Crippen molar-refractivity contribution < 1.29 is 0 Å². The lowest BCUT2D eigenvalue weighted by atomic mass is 9.93. The number of aromatic nitrogens is 1. The third kappa shape index (κ3) is 4.46. The van der Waals surface area contributed by atoms with E-state index in [9.17, 15) is 0 Å². The van der Waals surface area contributed by atoms with Crippen molar-refractivity contribution in [3.63, 3.8) is 0 Å². The molecule has 1 fully saturated rings. The Labute approximate surface area is 121 Å². The third-order valence-corrected chi connectivity index (χ3v) is 4.87. The Bertz CT molecular complexity index is 367. The molecule has 1 aromatic rings. The molecular weight excluding hydrogens is 254 g/mol. The van der Waals surface area contributed by atoms with Crippen LogP contribution in [0.5, 0.6) is 0 Å². The maximum atomic E-state index is 4.59. The van der Waals surface area contributed by atoms with Gasteiger partial charge < -0.3 is 10.2 Å². The summed E-state index contributed by atoms with van der Waals surface area (Å²) in [5.41, 5.74) is 0.